The van der Waals surface area contributed by atoms with Gasteiger partial charge in [0.1, 0.15) is 6.04 Å². The molecule has 0 radical (unpaired) electrons. The van der Waals surface area contributed by atoms with Gasteiger partial charge < -0.3 is 15.5 Å². The Morgan fingerprint density at radius 3 is 2.32 bits per heavy atom. The second kappa shape index (κ2) is 6.40. The lowest BCUT2D eigenvalue weighted by Gasteiger charge is -2.13. The Bertz CT molecular complexity index is 532. The third-order valence-electron chi connectivity index (χ3n) is 2.16. The first-order valence-electron chi connectivity index (χ1n) is 5.01. The molecule has 0 saturated heterocycles. The van der Waals surface area contributed by atoms with Crippen LogP contribution in [0.4, 0.5) is 0 Å². The van der Waals surface area contributed by atoms with Crippen molar-refractivity contribution < 1.29 is 24.6 Å². The minimum absolute atomic E-state index is 0.0164. The number of carbonyl (C=O) groups excluding carboxylic acids is 1. The lowest BCUT2D eigenvalue weighted by molar-refractivity contribution is -0.145. The van der Waals surface area contributed by atoms with Gasteiger partial charge in [-0.2, -0.15) is 0 Å². The monoisotopic (exact) mass is 305 g/mol. The number of hydrogen-bond acceptors (Lipinski definition) is 3. The van der Waals surface area contributed by atoms with Gasteiger partial charge in [0.15, 0.2) is 0 Å². The second-order valence-corrected chi connectivity index (χ2v) is 4.43. The van der Waals surface area contributed by atoms with Gasteiger partial charge >= 0.3 is 11.9 Å². The number of aliphatic carboxylic acids is 2. The molecule has 1 atom stereocenters. The van der Waals surface area contributed by atoms with E-state index in [1.54, 1.807) is 0 Å². The van der Waals surface area contributed by atoms with Crippen molar-refractivity contribution in [3.63, 3.8) is 0 Å². The zero-order chi connectivity index (χ0) is 14.6. The number of carbonyl (C=O) groups is 3. The van der Waals surface area contributed by atoms with Crippen LogP contribution in [0, 0.1) is 0 Å². The maximum Gasteiger partial charge on any atom is 0.326 e. The Morgan fingerprint density at radius 2 is 1.84 bits per heavy atom. The summed E-state index contributed by atoms with van der Waals surface area (Å²) in [5.41, 5.74) is 0.0164. The summed E-state index contributed by atoms with van der Waals surface area (Å²) < 4.78 is 0. The third-order valence-corrected chi connectivity index (χ3v) is 2.71. The Kier molecular flexibility index (Phi) is 5.14. The van der Waals surface area contributed by atoms with Gasteiger partial charge in [0.2, 0.25) is 0 Å². The normalized spacial score (nSPS) is 11.7. The van der Waals surface area contributed by atoms with Crippen LogP contribution in [-0.2, 0) is 9.59 Å². The van der Waals surface area contributed by atoms with E-state index >= 15 is 0 Å². The zero-order valence-electron chi connectivity index (χ0n) is 9.39. The quantitative estimate of drug-likeness (QED) is 0.767. The maximum atomic E-state index is 11.8. The molecule has 1 aromatic rings. The highest BCUT2D eigenvalue weighted by molar-refractivity contribution is 6.36. The summed E-state index contributed by atoms with van der Waals surface area (Å²) in [7, 11) is 0. The van der Waals surface area contributed by atoms with Gasteiger partial charge in [0, 0.05) is 5.02 Å². The summed E-state index contributed by atoms with van der Waals surface area (Å²) in [6.07, 6.45) is -0.730. The van der Waals surface area contributed by atoms with Gasteiger partial charge in [-0.05, 0) is 18.2 Å². The van der Waals surface area contributed by atoms with Crippen LogP contribution in [-0.4, -0.2) is 34.1 Å². The molecule has 0 spiro atoms. The number of hydrogen-bond donors (Lipinski definition) is 3. The molecule has 0 aliphatic carbocycles. The summed E-state index contributed by atoms with van der Waals surface area (Å²) >= 11 is 11.4. The van der Waals surface area contributed by atoms with E-state index in [0.29, 0.717) is 5.02 Å². The number of amides is 1. The van der Waals surface area contributed by atoms with Crippen LogP contribution in [0.3, 0.4) is 0 Å². The van der Waals surface area contributed by atoms with Crippen LogP contribution >= 0.6 is 23.2 Å². The summed E-state index contributed by atoms with van der Waals surface area (Å²) in [6, 6.07) is 2.52. The van der Waals surface area contributed by atoms with E-state index in [4.69, 9.17) is 33.4 Å². The number of carboxylic acid groups (broad SMARTS) is 2. The maximum absolute atomic E-state index is 11.8. The van der Waals surface area contributed by atoms with Crippen molar-refractivity contribution in [3.8, 4) is 0 Å². The predicted octanol–water partition coefficient (Wildman–Crippen LogP) is 1.65. The van der Waals surface area contributed by atoms with E-state index in [2.05, 4.69) is 5.32 Å². The van der Waals surface area contributed by atoms with E-state index in [1.807, 2.05) is 0 Å². The van der Waals surface area contributed by atoms with Crippen LogP contribution in [0.2, 0.25) is 10.0 Å². The van der Waals surface area contributed by atoms with Crippen molar-refractivity contribution >= 4 is 41.0 Å². The molecule has 0 aliphatic rings. The molecule has 0 unspecified atom stereocenters. The Morgan fingerprint density at radius 1 is 1.21 bits per heavy atom. The van der Waals surface area contributed by atoms with E-state index in [1.165, 1.54) is 18.2 Å². The molecular weight excluding hydrogens is 297 g/mol. The molecule has 1 rings (SSSR count). The van der Waals surface area contributed by atoms with Gasteiger partial charge in [-0.3, -0.25) is 9.59 Å². The highest BCUT2D eigenvalue weighted by Crippen LogP contribution is 2.21. The average molecular weight is 306 g/mol. The fraction of sp³-hybridized carbons (Fsp3) is 0.182. The predicted molar refractivity (Wildman–Crippen MR) is 67.6 cm³/mol. The molecule has 102 valence electrons. The van der Waals surface area contributed by atoms with Crippen LogP contribution < -0.4 is 5.32 Å². The molecule has 1 amide bonds. The van der Waals surface area contributed by atoms with Crippen LogP contribution in [0.25, 0.3) is 0 Å². The topological polar surface area (TPSA) is 104 Å². The molecule has 0 heterocycles. The fourth-order valence-electron chi connectivity index (χ4n) is 1.28. The van der Waals surface area contributed by atoms with Crippen molar-refractivity contribution in [1.82, 2.24) is 5.32 Å². The largest absolute Gasteiger partial charge is 0.481 e. The smallest absolute Gasteiger partial charge is 0.326 e. The second-order valence-electron chi connectivity index (χ2n) is 3.59. The third kappa shape index (κ3) is 4.42. The highest BCUT2D eigenvalue weighted by atomic mass is 35.5. The van der Waals surface area contributed by atoms with E-state index in [-0.39, 0.29) is 10.6 Å². The molecule has 8 heteroatoms. The van der Waals surface area contributed by atoms with Crippen molar-refractivity contribution in [2.24, 2.45) is 0 Å². The van der Waals surface area contributed by atoms with Crippen LogP contribution in [0.1, 0.15) is 16.8 Å². The minimum Gasteiger partial charge on any atom is -0.481 e. The van der Waals surface area contributed by atoms with Crippen molar-refractivity contribution in [2.75, 3.05) is 0 Å². The molecule has 0 aliphatic heterocycles. The zero-order valence-corrected chi connectivity index (χ0v) is 10.9. The molecule has 1 aromatic carbocycles. The standard InChI is InChI=1S/C11H9Cl2NO5/c12-5-1-2-6(7(13)3-5)10(17)14-8(11(18)19)4-9(15)16/h1-3,8H,4H2,(H,14,17)(H,15,16)(H,18,19)/t8-/m1/s1. The number of nitrogens with one attached hydrogen (secondary N) is 1. The molecule has 3 N–H and O–H groups in total. The first-order chi connectivity index (χ1) is 8.81. The lowest BCUT2D eigenvalue weighted by atomic mass is 10.1. The summed E-state index contributed by atoms with van der Waals surface area (Å²) in [4.78, 5) is 33.1. The van der Waals surface area contributed by atoms with Gasteiger partial charge in [0.25, 0.3) is 5.91 Å². The van der Waals surface area contributed by atoms with Crippen molar-refractivity contribution in [3.05, 3.63) is 33.8 Å². The number of halogens is 2. The minimum atomic E-state index is -1.53. The van der Waals surface area contributed by atoms with Crippen LogP contribution in [0.15, 0.2) is 18.2 Å². The fourth-order valence-corrected chi connectivity index (χ4v) is 1.78. The summed E-state index contributed by atoms with van der Waals surface area (Å²) in [5.74, 6) is -3.56. The molecule has 0 fully saturated rings. The first kappa shape index (κ1) is 15.3. The molecule has 0 saturated carbocycles. The average Bonchev–Trinajstić information content (AvgIpc) is 2.26. The highest BCUT2D eigenvalue weighted by Gasteiger charge is 2.24. The SMILES string of the molecule is O=C(O)C[C@@H](NC(=O)c1ccc(Cl)cc1Cl)C(=O)O. The van der Waals surface area contributed by atoms with E-state index < -0.39 is 30.3 Å². The number of benzene rings is 1. The van der Waals surface area contributed by atoms with E-state index in [0.717, 1.165) is 0 Å². The Hall–Kier alpha value is -1.79. The number of rotatable bonds is 5. The van der Waals surface area contributed by atoms with Gasteiger partial charge in [-0.25, -0.2) is 4.79 Å². The summed E-state index contributed by atoms with van der Waals surface area (Å²) in [5, 5.41) is 19.8. The summed E-state index contributed by atoms with van der Waals surface area (Å²) in [6.45, 7) is 0. The lowest BCUT2D eigenvalue weighted by Crippen LogP contribution is -2.42. The molecular formula is C11H9Cl2NO5. The molecule has 6 nitrogen and oxygen atoms in total. The van der Waals surface area contributed by atoms with Gasteiger partial charge in [-0.15, -0.1) is 0 Å². The van der Waals surface area contributed by atoms with Crippen molar-refractivity contribution in [1.29, 1.82) is 0 Å². The first-order valence-corrected chi connectivity index (χ1v) is 5.77. The van der Waals surface area contributed by atoms with E-state index in [9.17, 15) is 14.4 Å². The van der Waals surface area contributed by atoms with Crippen LogP contribution in [0.5, 0.6) is 0 Å². The molecule has 0 aromatic heterocycles. The Balaban J connectivity index is 2.87. The Labute approximate surface area is 117 Å². The molecule has 19 heavy (non-hydrogen) atoms. The van der Waals surface area contributed by atoms with Crippen molar-refractivity contribution in [2.45, 2.75) is 12.5 Å². The number of carboxylic acids is 2. The molecule has 0 bridgehead atoms. The van der Waals surface area contributed by atoms with Gasteiger partial charge in [-0.1, -0.05) is 23.2 Å². The van der Waals surface area contributed by atoms with Gasteiger partial charge in [0.05, 0.1) is 17.0 Å².